The molecule has 0 fully saturated rings. The Balaban J connectivity index is 1.69. The van der Waals surface area contributed by atoms with Crippen LogP contribution < -0.4 is 20.1 Å². The van der Waals surface area contributed by atoms with Crippen LogP contribution in [0.4, 0.5) is 15.8 Å². The minimum absolute atomic E-state index is 0.00435. The van der Waals surface area contributed by atoms with Gasteiger partial charge >= 0.3 is 0 Å². The normalized spacial score (nSPS) is 10.4. The Hall–Kier alpha value is -3.46. The average molecular weight is 429 g/mol. The van der Waals surface area contributed by atoms with E-state index in [1.165, 1.54) is 36.5 Å². The smallest absolute Gasteiger partial charge is 0.230 e. The number of ether oxygens (including phenoxy) is 2. The van der Waals surface area contributed by atoms with E-state index in [4.69, 9.17) is 9.47 Å². The number of hydrogen-bond acceptors (Lipinski definition) is 6. The maximum Gasteiger partial charge on any atom is 0.230 e. The van der Waals surface area contributed by atoms with E-state index in [0.29, 0.717) is 22.9 Å². The topological polar surface area (TPSA) is 89.5 Å². The first kappa shape index (κ1) is 21.3. The van der Waals surface area contributed by atoms with Gasteiger partial charge in [0.15, 0.2) is 11.5 Å². The van der Waals surface area contributed by atoms with E-state index in [-0.39, 0.29) is 18.0 Å². The second-order valence-corrected chi connectivity index (χ2v) is 7.17. The van der Waals surface area contributed by atoms with Crippen LogP contribution in [0.3, 0.4) is 0 Å². The molecule has 2 aromatic carbocycles. The first-order valence-electron chi connectivity index (χ1n) is 8.93. The van der Waals surface area contributed by atoms with Gasteiger partial charge in [-0.05, 0) is 36.4 Å². The van der Waals surface area contributed by atoms with Crippen molar-refractivity contribution in [2.75, 3.05) is 24.9 Å². The highest BCUT2D eigenvalue weighted by Gasteiger charge is 2.13. The minimum atomic E-state index is -0.581. The van der Waals surface area contributed by atoms with Gasteiger partial charge in [-0.25, -0.2) is 9.37 Å². The summed E-state index contributed by atoms with van der Waals surface area (Å²) in [5.41, 5.74) is 1.83. The molecule has 9 heteroatoms. The van der Waals surface area contributed by atoms with Gasteiger partial charge in [0, 0.05) is 23.6 Å². The van der Waals surface area contributed by atoms with E-state index in [1.807, 2.05) is 12.1 Å². The largest absolute Gasteiger partial charge is 0.493 e. The fraction of sp³-hybridized carbons (Fsp3) is 0.190. The highest BCUT2D eigenvalue weighted by atomic mass is 32.1. The van der Waals surface area contributed by atoms with E-state index in [1.54, 1.807) is 25.7 Å². The van der Waals surface area contributed by atoms with Gasteiger partial charge < -0.3 is 20.1 Å². The van der Waals surface area contributed by atoms with E-state index in [9.17, 15) is 14.0 Å². The Morgan fingerprint density at radius 2 is 1.83 bits per heavy atom. The van der Waals surface area contributed by atoms with Crippen LogP contribution in [0.25, 0.3) is 10.6 Å². The number of halogens is 1. The number of anilines is 2. The molecule has 0 aliphatic heterocycles. The van der Waals surface area contributed by atoms with Gasteiger partial charge in [-0.2, -0.15) is 0 Å². The third kappa shape index (κ3) is 5.12. The zero-order chi connectivity index (χ0) is 21.7. The lowest BCUT2D eigenvalue weighted by Gasteiger charge is -2.08. The van der Waals surface area contributed by atoms with Gasteiger partial charge in [0.1, 0.15) is 10.8 Å². The van der Waals surface area contributed by atoms with Gasteiger partial charge in [-0.3, -0.25) is 9.59 Å². The van der Waals surface area contributed by atoms with Gasteiger partial charge in [0.05, 0.1) is 32.0 Å². The molecule has 3 rings (SSSR count). The third-order valence-electron chi connectivity index (χ3n) is 4.08. The van der Waals surface area contributed by atoms with Crippen molar-refractivity contribution >= 4 is 34.5 Å². The molecule has 2 amide bonds. The third-order valence-corrected chi connectivity index (χ3v) is 5.02. The maximum absolute atomic E-state index is 13.7. The number of amides is 2. The number of carbonyl (C=O) groups excluding carboxylic acids is 2. The number of thiazole rings is 1. The number of nitrogens with one attached hydrogen (secondary N) is 2. The Morgan fingerprint density at radius 1 is 1.07 bits per heavy atom. The molecule has 0 aliphatic carbocycles. The summed E-state index contributed by atoms with van der Waals surface area (Å²) in [5.74, 6) is -0.0736. The molecule has 3 aromatic rings. The summed E-state index contributed by atoms with van der Waals surface area (Å²) in [6.45, 7) is 1.28. The Bertz CT molecular complexity index is 1080. The van der Waals surface area contributed by atoms with Gasteiger partial charge in [-0.1, -0.05) is 0 Å². The van der Waals surface area contributed by atoms with Crippen molar-refractivity contribution in [3.05, 3.63) is 53.3 Å². The van der Waals surface area contributed by atoms with Crippen LogP contribution in [0, 0.1) is 5.82 Å². The zero-order valence-electron chi connectivity index (χ0n) is 16.6. The molecule has 0 saturated heterocycles. The molecule has 7 nitrogen and oxygen atoms in total. The highest BCUT2D eigenvalue weighted by molar-refractivity contribution is 7.13. The molecule has 0 radical (unpaired) electrons. The number of aromatic nitrogens is 1. The van der Waals surface area contributed by atoms with Crippen LogP contribution in [0.2, 0.25) is 0 Å². The van der Waals surface area contributed by atoms with E-state index in [0.717, 1.165) is 10.6 Å². The first-order chi connectivity index (χ1) is 14.4. The summed E-state index contributed by atoms with van der Waals surface area (Å²) in [6, 6.07) is 9.46. The predicted octanol–water partition coefficient (Wildman–Crippen LogP) is 4.11. The Kier molecular flexibility index (Phi) is 6.63. The molecular weight excluding hydrogens is 409 g/mol. The van der Waals surface area contributed by atoms with E-state index < -0.39 is 11.7 Å². The fourth-order valence-corrected chi connectivity index (χ4v) is 3.56. The fourth-order valence-electron chi connectivity index (χ4n) is 2.75. The van der Waals surface area contributed by atoms with Crippen molar-refractivity contribution in [3.8, 4) is 22.1 Å². The number of hydrogen-bond donors (Lipinski definition) is 2. The van der Waals surface area contributed by atoms with Crippen LogP contribution in [0.5, 0.6) is 11.5 Å². The van der Waals surface area contributed by atoms with Crippen molar-refractivity contribution in [2.45, 2.75) is 13.3 Å². The van der Waals surface area contributed by atoms with E-state index >= 15 is 0 Å². The number of benzene rings is 2. The summed E-state index contributed by atoms with van der Waals surface area (Å²) in [6.07, 6.45) is 0.0522. The molecule has 0 atom stereocenters. The summed E-state index contributed by atoms with van der Waals surface area (Å²) < 4.78 is 24.3. The molecule has 0 unspecified atom stereocenters. The first-order valence-corrected chi connectivity index (χ1v) is 9.81. The quantitative estimate of drug-likeness (QED) is 0.590. The van der Waals surface area contributed by atoms with Crippen molar-refractivity contribution in [1.29, 1.82) is 0 Å². The van der Waals surface area contributed by atoms with Crippen LogP contribution in [-0.2, 0) is 16.0 Å². The molecular formula is C21H20FN3O4S. The van der Waals surface area contributed by atoms with Crippen molar-refractivity contribution in [2.24, 2.45) is 0 Å². The summed E-state index contributed by atoms with van der Waals surface area (Å²) in [7, 11) is 3.13. The molecule has 1 heterocycles. The minimum Gasteiger partial charge on any atom is -0.493 e. The molecule has 0 aliphatic rings. The lowest BCUT2D eigenvalue weighted by atomic mass is 10.2. The molecule has 1 aromatic heterocycles. The van der Waals surface area contributed by atoms with Crippen LogP contribution >= 0.6 is 11.3 Å². The second-order valence-electron chi connectivity index (χ2n) is 6.31. The van der Waals surface area contributed by atoms with Gasteiger partial charge in [0.25, 0.3) is 0 Å². The monoisotopic (exact) mass is 429 g/mol. The molecule has 0 saturated carbocycles. The van der Waals surface area contributed by atoms with Crippen molar-refractivity contribution in [3.63, 3.8) is 0 Å². The summed E-state index contributed by atoms with van der Waals surface area (Å²) >= 11 is 1.41. The highest BCUT2D eigenvalue weighted by Crippen LogP contribution is 2.33. The SMILES string of the molecule is COc1ccc(-c2nc(CC(=O)Nc3ccc(F)c(NC(C)=O)c3)cs2)cc1OC. The van der Waals surface area contributed by atoms with Crippen LogP contribution in [0.1, 0.15) is 12.6 Å². The summed E-state index contributed by atoms with van der Waals surface area (Å²) in [5, 5.41) is 7.61. The molecule has 156 valence electrons. The summed E-state index contributed by atoms with van der Waals surface area (Å²) in [4.78, 5) is 28.0. The standard InChI is InChI=1S/C21H20FN3O4S/c1-12(26)23-17-9-14(5-6-16(17)22)24-20(27)10-15-11-30-21(25-15)13-4-7-18(28-2)19(8-13)29-3/h4-9,11H,10H2,1-3H3,(H,23,26)(H,24,27). The lowest BCUT2D eigenvalue weighted by molar-refractivity contribution is -0.116. The molecule has 0 spiro atoms. The second kappa shape index (κ2) is 9.36. The number of nitrogens with zero attached hydrogens (tertiary/aromatic N) is 1. The Labute approximate surface area is 176 Å². The van der Waals surface area contributed by atoms with Gasteiger partial charge in [-0.15, -0.1) is 11.3 Å². The van der Waals surface area contributed by atoms with Gasteiger partial charge in [0.2, 0.25) is 11.8 Å². The average Bonchev–Trinajstić information content (AvgIpc) is 3.17. The van der Waals surface area contributed by atoms with Crippen LogP contribution in [-0.4, -0.2) is 31.0 Å². The van der Waals surface area contributed by atoms with Crippen LogP contribution in [0.15, 0.2) is 41.8 Å². The Morgan fingerprint density at radius 3 is 2.53 bits per heavy atom. The number of carbonyl (C=O) groups is 2. The van der Waals surface area contributed by atoms with Crippen molar-refractivity contribution in [1.82, 2.24) is 4.98 Å². The predicted molar refractivity (Wildman–Crippen MR) is 114 cm³/mol. The molecule has 30 heavy (non-hydrogen) atoms. The molecule has 2 N–H and O–H groups in total. The lowest BCUT2D eigenvalue weighted by Crippen LogP contribution is -2.15. The molecule has 0 bridgehead atoms. The number of rotatable bonds is 7. The number of methoxy groups -OCH3 is 2. The maximum atomic E-state index is 13.7. The zero-order valence-corrected chi connectivity index (χ0v) is 17.4. The van der Waals surface area contributed by atoms with Crippen molar-refractivity contribution < 1.29 is 23.5 Å². The van der Waals surface area contributed by atoms with E-state index in [2.05, 4.69) is 15.6 Å².